The summed E-state index contributed by atoms with van der Waals surface area (Å²) in [6.45, 7) is 18.0. The summed E-state index contributed by atoms with van der Waals surface area (Å²) in [5.41, 5.74) is 1.16. The fourth-order valence-electron chi connectivity index (χ4n) is 0.760. The van der Waals surface area contributed by atoms with Crippen molar-refractivity contribution in [1.82, 2.24) is 5.32 Å². The quantitative estimate of drug-likeness (QED) is 0.703. The number of nitrogens with one attached hydrogen (secondary N) is 1. The van der Waals surface area contributed by atoms with Gasteiger partial charge in [-0.1, -0.05) is 6.58 Å². The summed E-state index contributed by atoms with van der Waals surface area (Å²) in [7, 11) is 0. The van der Waals surface area contributed by atoms with E-state index in [1.165, 1.54) is 0 Å². The van der Waals surface area contributed by atoms with Crippen molar-refractivity contribution in [2.75, 3.05) is 13.2 Å². The SMILES string of the molecule is C=C(CNC(C)(C)C)COC(C)(C)C. The Kier molecular flexibility index (Phi) is 4.82. The van der Waals surface area contributed by atoms with E-state index in [2.05, 4.69) is 53.4 Å². The van der Waals surface area contributed by atoms with Crippen LogP contribution < -0.4 is 5.32 Å². The third kappa shape index (κ3) is 9.75. The van der Waals surface area contributed by atoms with Crippen LogP contribution in [0.1, 0.15) is 41.5 Å². The van der Waals surface area contributed by atoms with Crippen molar-refractivity contribution in [1.29, 1.82) is 0 Å². The van der Waals surface area contributed by atoms with E-state index in [-0.39, 0.29) is 11.1 Å². The summed E-state index contributed by atoms with van der Waals surface area (Å²) in [6, 6.07) is 0. The first-order valence-electron chi connectivity index (χ1n) is 5.16. The Labute approximate surface area is 88.7 Å². The van der Waals surface area contributed by atoms with Gasteiger partial charge < -0.3 is 10.1 Å². The van der Waals surface area contributed by atoms with Gasteiger partial charge in [-0.05, 0) is 47.1 Å². The Morgan fingerprint density at radius 2 is 1.64 bits per heavy atom. The zero-order valence-corrected chi connectivity index (χ0v) is 10.5. The van der Waals surface area contributed by atoms with Gasteiger partial charge >= 0.3 is 0 Å². The van der Waals surface area contributed by atoms with Crippen molar-refractivity contribution in [2.45, 2.75) is 52.7 Å². The second-order valence-electron chi connectivity index (χ2n) is 5.75. The lowest BCUT2D eigenvalue weighted by molar-refractivity contribution is 0.0104. The minimum atomic E-state index is -0.0787. The normalized spacial score (nSPS) is 13.0. The molecule has 0 fully saturated rings. The lowest BCUT2D eigenvalue weighted by atomic mass is 10.1. The molecule has 0 aromatic rings. The first-order chi connectivity index (χ1) is 6.10. The number of rotatable bonds is 4. The third-order valence-corrected chi connectivity index (χ3v) is 1.58. The minimum Gasteiger partial charge on any atom is -0.371 e. The van der Waals surface area contributed by atoms with Gasteiger partial charge in [0, 0.05) is 12.1 Å². The summed E-state index contributed by atoms with van der Waals surface area (Å²) in [5, 5.41) is 3.38. The van der Waals surface area contributed by atoms with Crippen molar-refractivity contribution in [2.24, 2.45) is 0 Å². The van der Waals surface area contributed by atoms with Crippen LogP contribution in [-0.2, 0) is 4.74 Å². The van der Waals surface area contributed by atoms with E-state index < -0.39 is 0 Å². The molecule has 0 aliphatic heterocycles. The fraction of sp³-hybridized carbons (Fsp3) is 0.833. The average Bonchev–Trinajstić information content (AvgIpc) is 1.94. The molecule has 0 aliphatic carbocycles. The van der Waals surface area contributed by atoms with Crippen molar-refractivity contribution in [3.05, 3.63) is 12.2 Å². The molecule has 2 heteroatoms. The second kappa shape index (κ2) is 4.94. The summed E-state index contributed by atoms with van der Waals surface area (Å²) >= 11 is 0. The molecule has 0 heterocycles. The summed E-state index contributed by atoms with van der Waals surface area (Å²) < 4.78 is 5.62. The van der Waals surface area contributed by atoms with E-state index in [1.54, 1.807) is 0 Å². The molecule has 0 radical (unpaired) electrons. The zero-order chi connectivity index (χ0) is 11.4. The molecule has 0 aromatic carbocycles. The zero-order valence-electron chi connectivity index (χ0n) is 10.5. The Balaban J connectivity index is 3.68. The van der Waals surface area contributed by atoms with Crippen molar-refractivity contribution < 1.29 is 4.74 Å². The maximum absolute atomic E-state index is 5.62. The number of ether oxygens (including phenoxy) is 1. The smallest absolute Gasteiger partial charge is 0.0693 e. The van der Waals surface area contributed by atoms with Gasteiger partial charge in [0.25, 0.3) is 0 Å². The van der Waals surface area contributed by atoms with E-state index in [0.29, 0.717) is 6.61 Å². The first-order valence-corrected chi connectivity index (χ1v) is 5.16. The monoisotopic (exact) mass is 199 g/mol. The van der Waals surface area contributed by atoms with Gasteiger partial charge in [-0.3, -0.25) is 0 Å². The van der Waals surface area contributed by atoms with Crippen LogP contribution in [0.3, 0.4) is 0 Å². The highest BCUT2D eigenvalue weighted by Gasteiger charge is 2.12. The molecule has 1 N–H and O–H groups in total. The molecule has 0 unspecified atom stereocenters. The molecule has 2 nitrogen and oxygen atoms in total. The van der Waals surface area contributed by atoms with E-state index >= 15 is 0 Å². The predicted octanol–water partition coefficient (Wildman–Crippen LogP) is 2.75. The molecule has 84 valence electrons. The molecular weight excluding hydrogens is 174 g/mol. The second-order valence-corrected chi connectivity index (χ2v) is 5.75. The Morgan fingerprint density at radius 3 is 2.00 bits per heavy atom. The van der Waals surface area contributed by atoms with Crippen LogP contribution in [-0.4, -0.2) is 24.3 Å². The highest BCUT2D eigenvalue weighted by atomic mass is 16.5. The lowest BCUT2D eigenvalue weighted by Gasteiger charge is -2.24. The summed E-state index contributed by atoms with van der Waals surface area (Å²) in [6.07, 6.45) is 0. The van der Waals surface area contributed by atoms with Crippen molar-refractivity contribution >= 4 is 0 Å². The van der Waals surface area contributed by atoms with Crippen molar-refractivity contribution in [3.8, 4) is 0 Å². The standard InChI is InChI=1S/C12H25NO/c1-10(8-13-11(2,3)4)9-14-12(5,6)7/h13H,1,8-9H2,2-7H3. The van der Waals surface area contributed by atoms with Crippen LogP contribution in [0.25, 0.3) is 0 Å². The molecule has 0 aliphatic rings. The molecule has 14 heavy (non-hydrogen) atoms. The molecule has 0 rings (SSSR count). The molecule has 0 spiro atoms. The van der Waals surface area contributed by atoms with Crippen LogP contribution in [0.2, 0.25) is 0 Å². The van der Waals surface area contributed by atoms with Crippen LogP contribution >= 0.6 is 0 Å². The average molecular weight is 199 g/mol. The summed E-state index contributed by atoms with van der Waals surface area (Å²) in [5.74, 6) is 0. The largest absolute Gasteiger partial charge is 0.371 e. The Morgan fingerprint density at radius 1 is 1.14 bits per heavy atom. The molecule has 0 bridgehead atoms. The number of hydrogen-bond donors (Lipinski definition) is 1. The molecular formula is C12H25NO. The van der Waals surface area contributed by atoms with E-state index in [0.717, 1.165) is 12.1 Å². The molecule has 0 aromatic heterocycles. The van der Waals surface area contributed by atoms with Gasteiger partial charge in [-0.15, -0.1) is 0 Å². The Bertz CT molecular complexity index is 163. The van der Waals surface area contributed by atoms with Gasteiger partial charge in [0.15, 0.2) is 0 Å². The first kappa shape index (κ1) is 13.7. The predicted molar refractivity (Wildman–Crippen MR) is 62.6 cm³/mol. The Hall–Kier alpha value is -0.340. The van der Waals surface area contributed by atoms with Gasteiger partial charge in [-0.25, -0.2) is 0 Å². The maximum atomic E-state index is 5.62. The van der Waals surface area contributed by atoms with Gasteiger partial charge in [-0.2, -0.15) is 0 Å². The minimum absolute atomic E-state index is 0.0787. The van der Waals surface area contributed by atoms with Crippen LogP contribution in [0.5, 0.6) is 0 Å². The third-order valence-electron chi connectivity index (χ3n) is 1.58. The highest BCUT2D eigenvalue weighted by molar-refractivity contribution is 4.98. The fourth-order valence-corrected chi connectivity index (χ4v) is 0.760. The van der Waals surface area contributed by atoms with Crippen molar-refractivity contribution in [3.63, 3.8) is 0 Å². The van der Waals surface area contributed by atoms with Gasteiger partial charge in [0.2, 0.25) is 0 Å². The van der Waals surface area contributed by atoms with E-state index in [1.807, 2.05) is 0 Å². The van der Waals surface area contributed by atoms with E-state index in [4.69, 9.17) is 4.74 Å². The van der Waals surface area contributed by atoms with Gasteiger partial charge in [0.05, 0.1) is 12.2 Å². The maximum Gasteiger partial charge on any atom is 0.0693 e. The summed E-state index contributed by atoms with van der Waals surface area (Å²) in [4.78, 5) is 0. The lowest BCUT2D eigenvalue weighted by Crippen LogP contribution is -2.37. The van der Waals surface area contributed by atoms with Crippen LogP contribution in [0, 0.1) is 0 Å². The van der Waals surface area contributed by atoms with Crippen LogP contribution in [0.4, 0.5) is 0 Å². The molecule has 0 saturated carbocycles. The molecule has 0 atom stereocenters. The highest BCUT2D eigenvalue weighted by Crippen LogP contribution is 2.08. The van der Waals surface area contributed by atoms with Crippen LogP contribution in [0.15, 0.2) is 12.2 Å². The number of hydrogen-bond acceptors (Lipinski definition) is 2. The topological polar surface area (TPSA) is 21.3 Å². The van der Waals surface area contributed by atoms with Gasteiger partial charge in [0.1, 0.15) is 0 Å². The van der Waals surface area contributed by atoms with E-state index in [9.17, 15) is 0 Å². The molecule has 0 amide bonds. The molecule has 0 saturated heterocycles.